The number of aromatic nitrogens is 1. The Hall–Kier alpha value is -1.88. The van der Waals surface area contributed by atoms with E-state index in [1.54, 1.807) is 13.1 Å². The van der Waals surface area contributed by atoms with E-state index in [-0.39, 0.29) is 12.0 Å². The van der Waals surface area contributed by atoms with Crippen LogP contribution in [0.4, 0.5) is 5.13 Å². The average molecular weight is 276 g/mol. The third kappa shape index (κ3) is 3.54. The summed E-state index contributed by atoms with van der Waals surface area (Å²) >= 11 is 1.31. The van der Waals surface area contributed by atoms with Crippen LogP contribution in [0, 0.1) is 0 Å². The molecule has 0 saturated carbocycles. The molecule has 0 saturated heterocycles. The largest absolute Gasteiger partial charge is 0.462 e. The third-order valence-electron chi connectivity index (χ3n) is 2.62. The van der Waals surface area contributed by atoms with E-state index in [4.69, 9.17) is 4.74 Å². The van der Waals surface area contributed by atoms with Crippen molar-refractivity contribution in [3.8, 4) is 0 Å². The molecule has 1 aromatic carbocycles. The second-order valence-corrected chi connectivity index (χ2v) is 5.06. The third-order valence-corrected chi connectivity index (χ3v) is 3.53. The zero-order chi connectivity index (χ0) is 13.7. The summed E-state index contributed by atoms with van der Waals surface area (Å²) in [5.41, 5.74) is 1.18. The number of rotatable bonds is 5. The number of esters is 1. The summed E-state index contributed by atoms with van der Waals surface area (Å²) in [6, 6.07) is 10.2. The molecule has 1 N–H and O–H groups in total. The lowest BCUT2D eigenvalue weighted by atomic mass is 10.1. The number of anilines is 1. The Balaban J connectivity index is 2.02. The molecule has 0 aliphatic heterocycles. The molecule has 0 aliphatic rings. The number of nitrogens with one attached hydrogen (secondary N) is 1. The Kier molecular flexibility index (Phi) is 4.52. The molecule has 19 heavy (non-hydrogen) atoms. The van der Waals surface area contributed by atoms with Crippen LogP contribution in [0.15, 0.2) is 36.5 Å². The Bertz CT molecular complexity index is 539. The first kappa shape index (κ1) is 13.5. The maximum absolute atomic E-state index is 11.5. The first-order chi connectivity index (χ1) is 9.20. The smallest absolute Gasteiger partial charge is 0.350 e. The van der Waals surface area contributed by atoms with E-state index in [1.807, 2.05) is 18.2 Å². The fourth-order valence-corrected chi connectivity index (χ4v) is 2.44. The highest BCUT2D eigenvalue weighted by Gasteiger charge is 2.13. The fraction of sp³-hybridized carbons (Fsp3) is 0.286. The van der Waals surface area contributed by atoms with Gasteiger partial charge in [0.05, 0.1) is 18.8 Å². The van der Waals surface area contributed by atoms with E-state index in [2.05, 4.69) is 29.4 Å². The van der Waals surface area contributed by atoms with Crippen LogP contribution in [-0.2, 0) is 4.74 Å². The summed E-state index contributed by atoms with van der Waals surface area (Å²) < 4.78 is 4.93. The summed E-state index contributed by atoms with van der Waals surface area (Å²) in [5.74, 6) is -0.319. The molecule has 1 aromatic heterocycles. The van der Waals surface area contributed by atoms with E-state index in [0.29, 0.717) is 11.5 Å². The molecule has 1 atom stereocenters. The van der Waals surface area contributed by atoms with Crippen LogP contribution in [0.1, 0.15) is 35.1 Å². The fourth-order valence-electron chi connectivity index (χ4n) is 1.65. The lowest BCUT2D eigenvalue weighted by Crippen LogP contribution is -2.05. The Morgan fingerprint density at radius 3 is 2.84 bits per heavy atom. The number of carbonyl (C=O) groups is 1. The minimum atomic E-state index is -0.319. The van der Waals surface area contributed by atoms with Gasteiger partial charge in [-0.1, -0.05) is 41.7 Å². The number of ether oxygens (including phenoxy) is 1. The van der Waals surface area contributed by atoms with E-state index in [9.17, 15) is 4.79 Å². The molecular weight excluding hydrogens is 260 g/mol. The van der Waals surface area contributed by atoms with Crippen LogP contribution in [0.2, 0.25) is 0 Å². The summed E-state index contributed by atoms with van der Waals surface area (Å²) in [6.45, 7) is 4.22. The molecule has 0 spiro atoms. The second-order valence-electron chi connectivity index (χ2n) is 4.03. The van der Waals surface area contributed by atoms with Crippen LogP contribution >= 0.6 is 11.3 Å². The maximum atomic E-state index is 11.5. The number of carbonyl (C=O) groups excluding carboxylic acids is 1. The molecule has 0 aliphatic carbocycles. The number of thiazole rings is 1. The van der Waals surface area contributed by atoms with Gasteiger partial charge in [0.15, 0.2) is 5.13 Å². The summed E-state index contributed by atoms with van der Waals surface area (Å²) in [4.78, 5) is 16.2. The molecule has 0 bridgehead atoms. The number of hydrogen-bond acceptors (Lipinski definition) is 5. The maximum Gasteiger partial charge on any atom is 0.350 e. The van der Waals surface area contributed by atoms with Crippen molar-refractivity contribution in [3.05, 3.63) is 47.0 Å². The van der Waals surface area contributed by atoms with Crippen molar-refractivity contribution >= 4 is 22.4 Å². The van der Waals surface area contributed by atoms with E-state index in [1.165, 1.54) is 16.9 Å². The van der Waals surface area contributed by atoms with Gasteiger partial charge in [-0.25, -0.2) is 9.78 Å². The van der Waals surface area contributed by atoms with Gasteiger partial charge >= 0.3 is 5.97 Å². The second kappa shape index (κ2) is 6.33. The van der Waals surface area contributed by atoms with Gasteiger partial charge in [-0.3, -0.25) is 0 Å². The van der Waals surface area contributed by atoms with Gasteiger partial charge in [-0.15, -0.1) is 0 Å². The first-order valence-corrected chi connectivity index (χ1v) is 6.96. The molecule has 100 valence electrons. The molecule has 1 heterocycles. The van der Waals surface area contributed by atoms with Crippen molar-refractivity contribution in [1.29, 1.82) is 0 Å². The number of hydrogen-bond donors (Lipinski definition) is 1. The average Bonchev–Trinajstić information content (AvgIpc) is 2.88. The van der Waals surface area contributed by atoms with Crippen molar-refractivity contribution in [3.63, 3.8) is 0 Å². The van der Waals surface area contributed by atoms with Gasteiger partial charge in [-0.05, 0) is 19.4 Å². The molecule has 5 heteroatoms. The predicted molar refractivity (Wildman–Crippen MR) is 76.6 cm³/mol. The molecule has 2 rings (SSSR count). The number of nitrogens with zero attached hydrogens (tertiary/aromatic N) is 1. The quantitative estimate of drug-likeness (QED) is 0.849. The highest BCUT2D eigenvalue weighted by atomic mass is 32.1. The molecule has 0 fully saturated rings. The SMILES string of the molecule is CCOC(=O)c1cnc(N[C@H](C)c2ccccc2)s1. The topological polar surface area (TPSA) is 51.2 Å². The molecule has 2 aromatic rings. The van der Waals surface area contributed by atoms with Crippen molar-refractivity contribution in [1.82, 2.24) is 4.98 Å². The van der Waals surface area contributed by atoms with E-state index < -0.39 is 0 Å². The minimum absolute atomic E-state index is 0.141. The highest BCUT2D eigenvalue weighted by Crippen LogP contribution is 2.24. The summed E-state index contributed by atoms with van der Waals surface area (Å²) in [6.07, 6.45) is 1.54. The zero-order valence-electron chi connectivity index (χ0n) is 10.9. The lowest BCUT2D eigenvalue weighted by Gasteiger charge is -2.12. The molecule has 4 nitrogen and oxygen atoms in total. The van der Waals surface area contributed by atoms with Crippen LogP contribution < -0.4 is 5.32 Å². The van der Waals surface area contributed by atoms with Crippen LogP contribution in [0.25, 0.3) is 0 Å². The van der Waals surface area contributed by atoms with E-state index in [0.717, 1.165) is 5.13 Å². The Labute approximate surface area is 116 Å². The predicted octanol–water partition coefficient (Wildman–Crippen LogP) is 3.49. The monoisotopic (exact) mass is 276 g/mol. The molecule has 0 radical (unpaired) electrons. The Morgan fingerprint density at radius 2 is 2.16 bits per heavy atom. The zero-order valence-corrected chi connectivity index (χ0v) is 11.7. The first-order valence-electron chi connectivity index (χ1n) is 6.15. The van der Waals surface area contributed by atoms with Gasteiger partial charge in [0, 0.05) is 0 Å². The van der Waals surface area contributed by atoms with Crippen molar-refractivity contribution in [2.75, 3.05) is 11.9 Å². The highest BCUT2D eigenvalue weighted by molar-refractivity contribution is 7.17. The summed E-state index contributed by atoms with van der Waals surface area (Å²) in [7, 11) is 0. The normalized spacial score (nSPS) is 11.9. The van der Waals surface area contributed by atoms with Crippen molar-refractivity contribution in [2.24, 2.45) is 0 Å². The Morgan fingerprint density at radius 1 is 1.42 bits per heavy atom. The van der Waals surface area contributed by atoms with Crippen molar-refractivity contribution in [2.45, 2.75) is 19.9 Å². The van der Waals surface area contributed by atoms with Gasteiger partial charge in [0.1, 0.15) is 4.88 Å². The van der Waals surface area contributed by atoms with Crippen LogP contribution in [-0.4, -0.2) is 17.6 Å². The standard InChI is InChI=1S/C14H16N2O2S/c1-3-18-13(17)12-9-15-14(19-12)16-10(2)11-7-5-4-6-8-11/h4-10H,3H2,1-2H3,(H,15,16)/t10-/m1/s1. The minimum Gasteiger partial charge on any atom is -0.462 e. The molecule has 0 amide bonds. The molecule has 0 unspecified atom stereocenters. The van der Waals surface area contributed by atoms with Gasteiger partial charge in [-0.2, -0.15) is 0 Å². The van der Waals surface area contributed by atoms with Gasteiger partial charge < -0.3 is 10.1 Å². The van der Waals surface area contributed by atoms with E-state index >= 15 is 0 Å². The number of benzene rings is 1. The van der Waals surface area contributed by atoms with Crippen LogP contribution in [0.5, 0.6) is 0 Å². The molecular formula is C14H16N2O2S. The van der Waals surface area contributed by atoms with Gasteiger partial charge in [0.2, 0.25) is 0 Å². The lowest BCUT2D eigenvalue weighted by molar-refractivity contribution is 0.0532. The summed E-state index contributed by atoms with van der Waals surface area (Å²) in [5, 5.41) is 4.00. The van der Waals surface area contributed by atoms with Crippen molar-refractivity contribution < 1.29 is 9.53 Å². The van der Waals surface area contributed by atoms with Gasteiger partial charge in [0.25, 0.3) is 0 Å². The van der Waals surface area contributed by atoms with Crippen LogP contribution in [0.3, 0.4) is 0 Å².